The van der Waals surface area contributed by atoms with Gasteiger partial charge in [-0.05, 0) is 29.0 Å². The molecule has 0 atom stereocenters. The zero-order chi connectivity index (χ0) is 21.6. The highest BCUT2D eigenvalue weighted by Crippen LogP contribution is 2.35. The molecule has 29 heavy (non-hydrogen) atoms. The van der Waals surface area contributed by atoms with Crippen LogP contribution in [0.5, 0.6) is 5.75 Å². The number of nitrogens with one attached hydrogen (secondary N) is 1. The standard InChI is InChI=1S/C24H32N2O3/c1-16(2)20-11-9-12-21(17(3)4)24(20)26(18(5)27)15-23(28)25-14-19-10-7-8-13-22(19)29-6/h7-13,16-17H,14-15H2,1-6H3,(H,25,28). The van der Waals surface area contributed by atoms with Crippen molar-refractivity contribution in [3.8, 4) is 5.75 Å². The molecule has 5 nitrogen and oxygen atoms in total. The highest BCUT2D eigenvalue weighted by atomic mass is 16.5. The van der Waals surface area contributed by atoms with Gasteiger partial charge >= 0.3 is 0 Å². The van der Waals surface area contributed by atoms with Crippen LogP contribution < -0.4 is 15.0 Å². The third kappa shape index (κ3) is 5.59. The first kappa shape index (κ1) is 22.5. The van der Waals surface area contributed by atoms with Crippen molar-refractivity contribution in [2.75, 3.05) is 18.6 Å². The molecule has 0 unspecified atom stereocenters. The van der Waals surface area contributed by atoms with Crippen molar-refractivity contribution in [3.63, 3.8) is 0 Å². The fraction of sp³-hybridized carbons (Fsp3) is 0.417. The summed E-state index contributed by atoms with van der Waals surface area (Å²) in [6.07, 6.45) is 0. The van der Waals surface area contributed by atoms with Gasteiger partial charge in [-0.15, -0.1) is 0 Å². The average Bonchev–Trinajstić information content (AvgIpc) is 2.69. The lowest BCUT2D eigenvalue weighted by Gasteiger charge is -2.29. The van der Waals surface area contributed by atoms with Gasteiger partial charge in [0.1, 0.15) is 12.3 Å². The van der Waals surface area contributed by atoms with E-state index in [9.17, 15) is 9.59 Å². The first-order chi connectivity index (χ1) is 13.8. The monoisotopic (exact) mass is 396 g/mol. The summed E-state index contributed by atoms with van der Waals surface area (Å²) in [6.45, 7) is 10.2. The van der Waals surface area contributed by atoms with Crippen LogP contribution in [0.25, 0.3) is 0 Å². The molecule has 0 saturated carbocycles. The number of anilines is 1. The van der Waals surface area contributed by atoms with Gasteiger partial charge < -0.3 is 15.0 Å². The van der Waals surface area contributed by atoms with Gasteiger partial charge in [0.15, 0.2) is 0 Å². The van der Waals surface area contributed by atoms with E-state index >= 15 is 0 Å². The molecule has 0 spiro atoms. The lowest BCUT2D eigenvalue weighted by atomic mass is 9.91. The van der Waals surface area contributed by atoms with Gasteiger partial charge in [-0.3, -0.25) is 9.59 Å². The summed E-state index contributed by atoms with van der Waals surface area (Å²) < 4.78 is 5.33. The van der Waals surface area contributed by atoms with Crippen molar-refractivity contribution < 1.29 is 14.3 Å². The Morgan fingerprint density at radius 3 is 2.07 bits per heavy atom. The number of ether oxygens (including phenoxy) is 1. The van der Waals surface area contributed by atoms with Crippen LogP contribution >= 0.6 is 0 Å². The second kappa shape index (κ2) is 10.1. The van der Waals surface area contributed by atoms with Crippen molar-refractivity contribution in [3.05, 3.63) is 59.2 Å². The van der Waals surface area contributed by atoms with Crippen LogP contribution in [-0.2, 0) is 16.1 Å². The molecule has 5 heteroatoms. The Labute approximate surface area is 174 Å². The number of para-hydroxylation sites is 2. The number of methoxy groups -OCH3 is 1. The summed E-state index contributed by atoms with van der Waals surface area (Å²) in [7, 11) is 1.61. The Morgan fingerprint density at radius 2 is 1.55 bits per heavy atom. The number of nitrogens with zero attached hydrogens (tertiary/aromatic N) is 1. The highest BCUT2D eigenvalue weighted by molar-refractivity contribution is 5.99. The van der Waals surface area contributed by atoms with Crippen LogP contribution in [0.1, 0.15) is 63.1 Å². The number of carbonyl (C=O) groups is 2. The maximum absolute atomic E-state index is 12.7. The quantitative estimate of drug-likeness (QED) is 0.709. The third-order valence-corrected chi connectivity index (χ3v) is 4.96. The SMILES string of the molecule is COc1ccccc1CNC(=O)CN(C(C)=O)c1c(C(C)C)cccc1C(C)C. The molecule has 1 N–H and O–H groups in total. The molecule has 0 aliphatic rings. The molecule has 2 amide bonds. The van der Waals surface area contributed by atoms with Crippen LogP contribution in [0.4, 0.5) is 5.69 Å². The number of hydrogen-bond acceptors (Lipinski definition) is 3. The van der Waals surface area contributed by atoms with Gasteiger partial charge in [0.25, 0.3) is 0 Å². The zero-order valence-corrected chi connectivity index (χ0v) is 18.3. The topological polar surface area (TPSA) is 58.6 Å². The zero-order valence-electron chi connectivity index (χ0n) is 18.3. The molecular formula is C24H32N2O3. The Bertz CT molecular complexity index is 833. The molecule has 2 aromatic rings. The summed E-state index contributed by atoms with van der Waals surface area (Å²) in [5, 5.41) is 2.91. The normalized spacial score (nSPS) is 10.9. The molecule has 0 fully saturated rings. The number of carbonyl (C=O) groups excluding carboxylic acids is 2. The van der Waals surface area contributed by atoms with Crippen LogP contribution in [0, 0.1) is 0 Å². The Balaban J connectivity index is 2.27. The molecule has 156 valence electrons. The second-order valence-corrected chi connectivity index (χ2v) is 7.79. The molecule has 0 radical (unpaired) electrons. The van der Waals surface area contributed by atoms with Crippen LogP contribution in [0.2, 0.25) is 0 Å². The molecule has 2 aromatic carbocycles. The predicted molar refractivity (Wildman–Crippen MR) is 117 cm³/mol. The number of benzene rings is 2. The minimum atomic E-state index is -0.209. The fourth-order valence-corrected chi connectivity index (χ4v) is 3.41. The van der Waals surface area contributed by atoms with Crippen LogP contribution in [0.15, 0.2) is 42.5 Å². The van der Waals surface area contributed by atoms with E-state index in [-0.39, 0.29) is 30.2 Å². The van der Waals surface area contributed by atoms with E-state index in [1.807, 2.05) is 42.5 Å². The van der Waals surface area contributed by atoms with Crippen LogP contribution in [0.3, 0.4) is 0 Å². The maximum Gasteiger partial charge on any atom is 0.240 e. The molecule has 0 aromatic heterocycles. The number of rotatable bonds is 8. The minimum absolute atomic E-state index is 0.0199. The Morgan fingerprint density at radius 1 is 0.966 bits per heavy atom. The first-order valence-electron chi connectivity index (χ1n) is 10.1. The van der Waals surface area contributed by atoms with E-state index in [4.69, 9.17) is 4.74 Å². The number of amides is 2. The predicted octanol–water partition coefficient (Wildman–Crippen LogP) is 4.61. The van der Waals surface area contributed by atoms with Gasteiger partial charge in [-0.25, -0.2) is 0 Å². The van der Waals surface area contributed by atoms with Gasteiger partial charge in [0.05, 0.1) is 12.8 Å². The molecule has 2 rings (SSSR count). The molecule has 0 saturated heterocycles. The average molecular weight is 397 g/mol. The van der Waals surface area contributed by atoms with E-state index in [0.29, 0.717) is 6.54 Å². The van der Waals surface area contributed by atoms with Crippen molar-refractivity contribution in [2.24, 2.45) is 0 Å². The van der Waals surface area contributed by atoms with Gasteiger partial charge in [0, 0.05) is 19.0 Å². The van der Waals surface area contributed by atoms with Gasteiger partial charge in [0.2, 0.25) is 11.8 Å². The van der Waals surface area contributed by atoms with Crippen molar-refractivity contribution in [1.29, 1.82) is 0 Å². The smallest absolute Gasteiger partial charge is 0.240 e. The molecular weight excluding hydrogens is 364 g/mol. The van der Waals surface area contributed by atoms with Gasteiger partial charge in [-0.2, -0.15) is 0 Å². The largest absolute Gasteiger partial charge is 0.496 e. The maximum atomic E-state index is 12.7. The van der Waals surface area contributed by atoms with Crippen molar-refractivity contribution in [2.45, 2.75) is 53.0 Å². The summed E-state index contributed by atoms with van der Waals surface area (Å²) in [6, 6.07) is 13.7. The fourth-order valence-electron chi connectivity index (χ4n) is 3.41. The summed E-state index contributed by atoms with van der Waals surface area (Å²) in [5.41, 5.74) is 3.90. The van der Waals surface area contributed by atoms with Crippen molar-refractivity contribution in [1.82, 2.24) is 5.32 Å². The van der Waals surface area contributed by atoms with E-state index in [2.05, 4.69) is 33.0 Å². The van der Waals surface area contributed by atoms with Crippen molar-refractivity contribution >= 4 is 17.5 Å². The molecule has 0 aliphatic carbocycles. The first-order valence-corrected chi connectivity index (χ1v) is 10.1. The summed E-state index contributed by atoms with van der Waals surface area (Å²) in [5.74, 6) is 0.847. The van der Waals surface area contributed by atoms with E-state index in [1.165, 1.54) is 6.92 Å². The molecule has 0 aliphatic heterocycles. The van der Waals surface area contributed by atoms with Crippen LogP contribution in [-0.4, -0.2) is 25.5 Å². The third-order valence-electron chi connectivity index (χ3n) is 4.96. The second-order valence-electron chi connectivity index (χ2n) is 7.79. The van der Waals surface area contributed by atoms with E-state index in [1.54, 1.807) is 12.0 Å². The Kier molecular flexibility index (Phi) is 7.82. The van der Waals surface area contributed by atoms with Gasteiger partial charge in [-0.1, -0.05) is 64.1 Å². The minimum Gasteiger partial charge on any atom is -0.496 e. The lowest BCUT2D eigenvalue weighted by Crippen LogP contribution is -2.40. The highest BCUT2D eigenvalue weighted by Gasteiger charge is 2.24. The molecule has 0 bridgehead atoms. The molecule has 0 heterocycles. The summed E-state index contributed by atoms with van der Waals surface area (Å²) in [4.78, 5) is 26.9. The lowest BCUT2D eigenvalue weighted by molar-refractivity contribution is -0.123. The van der Waals surface area contributed by atoms with E-state index in [0.717, 1.165) is 28.1 Å². The summed E-state index contributed by atoms with van der Waals surface area (Å²) >= 11 is 0. The number of hydrogen-bond donors (Lipinski definition) is 1. The van der Waals surface area contributed by atoms with E-state index < -0.39 is 0 Å². The Hall–Kier alpha value is -2.82.